The van der Waals surface area contributed by atoms with E-state index in [1.807, 2.05) is 24.3 Å². The largest absolute Gasteiger partial charge is 0.385 e. The molecular formula is C15H20N2O2. The minimum atomic E-state index is -0.0288. The van der Waals surface area contributed by atoms with E-state index >= 15 is 0 Å². The molecule has 19 heavy (non-hydrogen) atoms. The van der Waals surface area contributed by atoms with Crippen molar-refractivity contribution in [1.29, 1.82) is 0 Å². The van der Waals surface area contributed by atoms with Gasteiger partial charge in [0.25, 0.3) is 0 Å². The number of para-hydroxylation sites is 1. The molecule has 0 radical (unpaired) electrons. The summed E-state index contributed by atoms with van der Waals surface area (Å²) in [6.45, 7) is 2.33. The van der Waals surface area contributed by atoms with Crippen LogP contribution in [0.25, 0.3) is 0 Å². The van der Waals surface area contributed by atoms with Gasteiger partial charge in [-0.05, 0) is 30.9 Å². The van der Waals surface area contributed by atoms with Gasteiger partial charge in [0, 0.05) is 25.4 Å². The normalized spacial score (nSPS) is 25.5. The van der Waals surface area contributed by atoms with Crippen molar-refractivity contribution in [3.05, 3.63) is 29.8 Å². The average molecular weight is 260 g/mol. The van der Waals surface area contributed by atoms with Crippen LogP contribution in [0.2, 0.25) is 0 Å². The molecule has 2 heterocycles. The minimum absolute atomic E-state index is 0.0288. The molecule has 2 aliphatic heterocycles. The summed E-state index contributed by atoms with van der Waals surface area (Å²) in [5.74, 6) is 0.100. The zero-order chi connectivity index (χ0) is 13.1. The Hall–Kier alpha value is -1.55. The van der Waals surface area contributed by atoms with E-state index in [-0.39, 0.29) is 17.9 Å². The number of hydrogen-bond acceptors (Lipinski definition) is 3. The fourth-order valence-electron chi connectivity index (χ4n) is 2.88. The highest BCUT2D eigenvalue weighted by molar-refractivity contribution is 5.86. The molecule has 1 fully saturated rings. The first-order valence-electron chi connectivity index (χ1n) is 7.07. The summed E-state index contributed by atoms with van der Waals surface area (Å²) in [7, 11) is 0. The molecule has 1 saturated heterocycles. The van der Waals surface area contributed by atoms with Gasteiger partial charge in [0.05, 0.1) is 12.0 Å². The topological polar surface area (TPSA) is 50.4 Å². The third-order valence-corrected chi connectivity index (χ3v) is 3.93. The Morgan fingerprint density at radius 3 is 3.11 bits per heavy atom. The predicted octanol–water partition coefficient (Wildman–Crippen LogP) is 1.88. The van der Waals surface area contributed by atoms with E-state index in [1.165, 1.54) is 0 Å². The number of carbonyl (C=O) groups is 1. The highest BCUT2D eigenvalue weighted by Gasteiger charge is 2.26. The summed E-state index contributed by atoms with van der Waals surface area (Å²) in [5, 5.41) is 6.38. The van der Waals surface area contributed by atoms with Crippen molar-refractivity contribution in [2.45, 2.75) is 31.3 Å². The SMILES string of the molecule is O=C(NCC1CCCO1)C1CCNc2ccccc21. The van der Waals surface area contributed by atoms with E-state index < -0.39 is 0 Å². The molecule has 0 saturated carbocycles. The van der Waals surface area contributed by atoms with Crippen molar-refractivity contribution in [1.82, 2.24) is 5.32 Å². The fourth-order valence-corrected chi connectivity index (χ4v) is 2.88. The second kappa shape index (κ2) is 5.61. The smallest absolute Gasteiger partial charge is 0.227 e. The molecule has 3 rings (SSSR count). The van der Waals surface area contributed by atoms with Crippen LogP contribution >= 0.6 is 0 Å². The molecule has 2 aliphatic rings. The molecule has 0 aliphatic carbocycles. The Morgan fingerprint density at radius 2 is 2.26 bits per heavy atom. The predicted molar refractivity (Wildman–Crippen MR) is 74.3 cm³/mol. The van der Waals surface area contributed by atoms with E-state index in [1.54, 1.807) is 0 Å². The number of carbonyl (C=O) groups excluding carboxylic acids is 1. The van der Waals surface area contributed by atoms with Crippen molar-refractivity contribution in [3.8, 4) is 0 Å². The maximum absolute atomic E-state index is 12.3. The van der Waals surface area contributed by atoms with Crippen LogP contribution in [0.4, 0.5) is 5.69 Å². The van der Waals surface area contributed by atoms with Gasteiger partial charge < -0.3 is 15.4 Å². The van der Waals surface area contributed by atoms with E-state index in [4.69, 9.17) is 4.74 Å². The number of nitrogens with one attached hydrogen (secondary N) is 2. The molecule has 0 aromatic heterocycles. The molecule has 2 unspecified atom stereocenters. The molecule has 1 aromatic carbocycles. The minimum Gasteiger partial charge on any atom is -0.385 e. The van der Waals surface area contributed by atoms with Crippen molar-refractivity contribution in [2.75, 3.05) is 25.0 Å². The monoisotopic (exact) mass is 260 g/mol. The van der Waals surface area contributed by atoms with Gasteiger partial charge in [-0.25, -0.2) is 0 Å². The molecule has 1 aromatic rings. The highest BCUT2D eigenvalue weighted by Crippen LogP contribution is 2.31. The molecule has 1 amide bonds. The van der Waals surface area contributed by atoms with E-state index in [9.17, 15) is 4.79 Å². The molecule has 2 N–H and O–H groups in total. The van der Waals surface area contributed by atoms with Gasteiger partial charge in [-0.1, -0.05) is 18.2 Å². The quantitative estimate of drug-likeness (QED) is 0.872. The molecule has 4 nitrogen and oxygen atoms in total. The van der Waals surface area contributed by atoms with Crippen LogP contribution in [0.5, 0.6) is 0 Å². The summed E-state index contributed by atoms with van der Waals surface area (Å²) in [6.07, 6.45) is 3.23. The second-order valence-corrected chi connectivity index (χ2v) is 5.24. The van der Waals surface area contributed by atoms with E-state index in [2.05, 4.69) is 10.6 Å². The van der Waals surface area contributed by atoms with Crippen LogP contribution in [0.15, 0.2) is 24.3 Å². The van der Waals surface area contributed by atoms with Gasteiger partial charge in [-0.3, -0.25) is 4.79 Å². The summed E-state index contributed by atoms with van der Waals surface area (Å²) in [4.78, 5) is 12.3. The van der Waals surface area contributed by atoms with Gasteiger partial charge in [0.2, 0.25) is 5.91 Å². The first-order chi connectivity index (χ1) is 9.34. The third kappa shape index (κ3) is 2.73. The zero-order valence-electron chi connectivity index (χ0n) is 11.0. The number of hydrogen-bond donors (Lipinski definition) is 2. The van der Waals surface area contributed by atoms with Crippen molar-refractivity contribution in [3.63, 3.8) is 0 Å². The van der Waals surface area contributed by atoms with Crippen LogP contribution in [0, 0.1) is 0 Å². The molecule has 0 spiro atoms. The Morgan fingerprint density at radius 1 is 1.37 bits per heavy atom. The summed E-state index contributed by atoms with van der Waals surface area (Å²) < 4.78 is 5.53. The Bertz CT molecular complexity index is 455. The zero-order valence-corrected chi connectivity index (χ0v) is 11.0. The lowest BCUT2D eigenvalue weighted by Gasteiger charge is -2.26. The van der Waals surface area contributed by atoms with Crippen LogP contribution in [-0.2, 0) is 9.53 Å². The van der Waals surface area contributed by atoms with Crippen molar-refractivity contribution >= 4 is 11.6 Å². The Balaban J connectivity index is 1.64. The molecular weight excluding hydrogens is 240 g/mol. The van der Waals surface area contributed by atoms with Crippen molar-refractivity contribution < 1.29 is 9.53 Å². The molecule has 4 heteroatoms. The van der Waals surface area contributed by atoms with E-state index in [0.717, 1.165) is 43.7 Å². The summed E-state index contributed by atoms with van der Waals surface area (Å²) >= 11 is 0. The number of anilines is 1. The maximum atomic E-state index is 12.3. The first-order valence-corrected chi connectivity index (χ1v) is 7.07. The van der Waals surface area contributed by atoms with Gasteiger partial charge in [0.15, 0.2) is 0 Å². The van der Waals surface area contributed by atoms with Crippen LogP contribution in [0.3, 0.4) is 0 Å². The second-order valence-electron chi connectivity index (χ2n) is 5.24. The van der Waals surface area contributed by atoms with Gasteiger partial charge >= 0.3 is 0 Å². The van der Waals surface area contributed by atoms with Crippen LogP contribution in [0.1, 0.15) is 30.7 Å². The lowest BCUT2D eigenvalue weighted by molar-refractivity contribution is -0.123. The number of amides is 1. The van der Waals surface area contributed by atoms with Crippen molar-refractivity contribution in [2.24, 2.45) is 0 Å². The lowest BCUT2D eigenvalue weighted by atomic mass is 9.90. The molecule has 0 bridgehead atoms. The number of ether oxygens (including phenoxy) is 1. The van der Waals surface area contributed by atoms with Gasteiger partial charge in [-0.2, -0.15) is 0 Å². The first kappa shape index (κ1) is 12.5. The molecule has 2 atom stereocenters. The summed E-state index contributed by atoms with van der Waals surface area (Å²) in [5.41, 5.74) is 2.20. The maximum Gasteiger partial charge on any atom is 0.227 e. The fraction of sp³-hybridized carbons (Fsp3) is 0.533. The van der Waals surface area contributed by atoms with Crippen LogP contribution < -0.4 is 10.6 Å². The van der Waals surface area contributed by atoms with Gasteiger partial charge in [0.1, 0.15) is 0 Å². The standard InChI is InChI=1S/C15H20N2O2/c18-15(17-10-11-4-3-9-19-11)13-7-8-16-14-6-2-1-5-12(13)14/h1-2,5-6,11,13,16H,3-4,7-10H2,(H,17,18). The summed E-state index contributed by atoms with van der Waals surface area (Å²) in [6, 6.07) is 8.07. The Labute approximate surface area is 113 Å². The Kier molecular flexibility index (Phi) is 3.69. The third-order valence-electron chi connectivity index (χ3n) is 3.93. The van der Waals surface area contributed by atoms with Crippen LogP contribution in [-0.4, -0.2) is 31.7 Å². The molecule has 102 valence electrons. The number of fused-ring (bicyclic) bond motifs is 1. The number of rotatable bonds is 3. The average Bonchev–Trinajstić information content (AvgIpc) is 2.97. The lowest BCUT2D eigenvalue weighted by Crippen LogP contribution is -2.37. The van der Waals surface area contributed by atoms with Gasteiger partial charge in [-0.15, -0.1) is 0 Å². The van der Waals surface area contributed by atoms with E-state index in [0.29, 0.717) is 6.54 Å². The number of benzene rings is 1. The highest BCUT2D eigenvalue weighted by atomic mass is 16.5.